The SMILES string of the molecule is Cc1c(-c2cc(Nc3ccc(N4CCN(C5COC5)C[C@@H]4C)cn3)c(=O)n(C)c2)cc(F)cc1N1CCn2c(cc3c2CCCC3)C1=O. The lowest BCUT2D eigenvalue weighted by molar-refractivity contribution is -0.0691. The predicted octanol–water partition coefficient (Wildman–Crippen LogP) is 4.89. The molecule has 11 heteroatoms. The number of fused-ring (bicyclic) bond motifs is 3. The summed E-state index contributed by atoms with van der Waals surface area (Å²) in [5.74, 6) is 0.0133. The van der Waals surface area contributed by atoms with E-state index in [2.05, 4.69) is 31.6 Å². The van der Waals surface area contributed by atoms with Gasteiger partial charge >= 0.3 is 0 Å². The first-order valence-electron chi connectivity index (χ1n) is 17.1. The second kappa shape index (κ2) is 12.2. The average molecular weight is 652 g/mol. The number of aromatic nitrogens is 3. The highest BCUT2D eigenvalue weighted by Crippen LogP contribution is 2.36. The van der Waals surface area contributed by atoms with Crippen molar-refractivity contribution in [1.82, 2.24) is 19.0 Å². The number of rotatable bonds is 6. The number of hydrogen-bond donors (Lipinski definition) is 1. The predicted molar refractivity (Wildman–Crippen MR) is 185 cm³/mol. The van der Waals surface area contributed by atoms with Crippen molar-refractivity contribution < 1.29 is 13.9 Å². The number of piperazine rings is 1. The lowest BCUT2D eigenvalue weighted by atomic mass is 9.98. The van der Waals surface area contributed by atoms with Gasteiger partial charge in [0.1, 0.15) is 23.0 Å². The molecule has 1 aliphatic carbocycles. The fourth-order valence-electron chi connectivity index (χ4n) is 7.96. The van der Waals surface area contributed by atoms with E-state index < -0.39 is 5.82 Å². The van der Waals surface area contributed by atoms with Crippen LogP contribution in [-0.2, 0) is 31.2 Å². The Kier molecular flexibility index (Phi) is 7.83. The minimum absolute atomic E-state index is 0.100. The summed E-state index contributed by atoms with van der Waals surface area (Å²) in [5.41, 5.74) is 7.02. The van der Waals surface area contributed by atoms with E-state index in [1.54, 1.807) is 24.2 Å². The van der Waals surface area contributed by atoms with Crippen LogP contribution in [0.5, 0.6) is 0 Å². The fourth-order valence-corrected chi connectivity index (χ4v) is 7.96. The molecule has 0 bridgehead atoms. The summed E-state index contributed by atoms with van der Waals surface area (Å²) in [6, 6.07) is 11.5. The van der Waals surface area contributed by atoms with E-state index in [-0.39, 0.29) is 11.5 Å². The Morgan fingerprint density at radius 3 is 2.58 bits per heavy atom. The highest BCUT2D eigenvalue weighted by atomic mass is 19.1. The fraction of sp³-hybridized carbons (Fsp3) is 0.432. The smallest absolute Gasteiger partial charge is 0.274 e. The molecule has 1 amide bonds. The third kappa shape index (κ3) is 5.38. The molecule has 4 aromatic rings. The summed E-state index contributed by atoms with van der Waals surface area (Å²) in [6.07, 6.45) is 7.85. The first kappa shape index (κ1) is 30.8. The Morgan fingerprint density at radius 2 is 1.83 bits per heavy atom. The van der Waals surface area contributed by atoms with Crippen molar-refractivity contribution in [2.75, 3.05) is 54.5 Å². The van der Waals surface area contributed by atoms with Crippen molar-refractivity contribution in [1.29, 1.82) is 0 Å². The average Bonchev–Trinajstić information content (AvgIpc) is 3.44. The molecule has 1 atom stereocenters. The molecule has 0 unspecified atom stereocenters. The number of ether oxygens (including phenoxy) is 1. The second-order valence-electron chi connectivity index (χ2n) is 13.7. The van der Waals surface area contributed by atoms with Crippen LogP contribution in [0.1, 0.15) is 47.1 Å². The van der Waals surface area contributed by atoms with E-state index in [0.717, 1.165) is 69.8 Å². The van der Waals surface area contributed by atoms with Gasteiger partial charge in [-0.1, -0.05) is 0 Å². The van der Waals surface area contributed by atoms with Gasteiger partial charge in [-0.05, 0) is 92.6 Å². The number of pyridine rings is 2. The largest absolute Gasteiger partial charge is 0.378 e. The number of carbonyl (C=O) groups is 1. The first-order chi connectivity index (χ1) is 23.2. The molecule has 8 rings (SSSR count). The zero-order chi connectivity index (χ0) is 33.1. The van der Waals surface area contributed by atoms with E-state index in [9.17, 15) is 9.59 Å². The van der Waals surface area contributed by atoms with Crippen molar-refractivity contribution in [3.63, 3.8) is 0 Å². The molecule has 10 nitrogen and oxygen atoms in total. The number of carbonyl (C=O) groups excluding carboxylic acids is 1. The molecule has 2 fully saturated rings. The number of nitrogens with one attached hydrogen (secondary N) is 1. The van der Waals surface area contributed by atoms with Crippen LogP contribution in [-0.4, -0.2) is 76.4 Å². The molecule has 3 aliphatic heterocycles. The van der Waals surface area contributed by atoms with E-state index in [0.29, 0.717) is 59.2 Å². The zero-order valence-corrected chi connectivity index (χ0v) is 27.8. The van der Waals surface area contributed by atoms with Gasteiger partial charge < -0.3 is 29.0 Å². The Morgan fingerprint density at radius 1 is 1.00 bits per heavy atom. The highest BCUT2D eigenvalue weighted by molar-refractivity contribution is 6.07. The third-order valence-corrected chi connectivity index (χ3v) is 10.7. The van der Waals surface area contributed by atoms with Crippen molar-refractivity contribution >= 4 is 28.8 Å². The topological polar surface area (TPSA) is 87.9 Å². The van der Waals surface area contributed by atoms with Crippen LogP contribution < -0.4 is 20.7 Å². The van der Waals surface area contributed by atoms with Crippen LogP contribution in [0.2, 0.25) is 0 Å². The van der Waals surface area contributed by atoms with Gasteiger partial charge in [0.05, 0.1) is 36.8 Å². The number of amides is 1. The van der Waals surface area contributed by atoms with E-state index in [4.69, 9.17) is 4.74 Å². The summed E-state index contributed by atoms with van der Waals surface area (Å²) in [6.45, 7) is 9.85. The maximum Gasteiger partial charge on any atom is 0.274 e. The quantitative estimate of drug-likeness (QED) is 0.318. The van der Waals surface area contributed by atoms with Crippen molar-refractivity contribution in [3.05, 3.63) is 87.5 Å². The Labute approximate surface area is 279 Å². The van der Waals surface area contributed by atoms with Gasteiger partial charge in [0.25, 0.3) is 11.5 Å². The molecule has 4 aliphatic rings. The molecule has 1 aromatic carbocycles. The van der Waals surface area contributed by atoms with Crippen LogP contribution in [0.25, 0.3) is 11.1 Å². The maximum atomic E-state index is 15.3. The molecule has 48 heavy (non-hydrogen) atoms. The standard InChI is InChI=1S/C37H42FN7O3/c1-23-19-42(29-21-48-22-29)10-11-43(23)28-8-9-35(39-18-28)40-31-14-26(20-41(3)36(31)46)30-16-27(38)17-33(24(30)2)45-13-12-44-32-7-5-4-6-25(32)15-34(44)37(45)47/h8-9,14-18,20,23,29H,4-7,10-13,19,21-22H2,1-3H3,(H,39,40)/t23-/m0/s1. The molecular weight excluding hydrogens is 609 g/mol. The van der Waals surface area contributed by atoms with Crippen LogP contribution in [0.4, 0.5) is 27.3 Å². The molecular formula is C37H42FN7O3. The normalized spacial score (nSPS) is 20.0. The Bertz CT molecular complexity index is 1950. The molecule has 1 N–H and O–H groups in total. The summed E-state index contributed by atoms with van der Waals surface area (Å²) < 4.78 is 24.4. The van der Waals surface area contributed by atoms with Crippen LogP contribution >= 0.6 is 0 Å². The molecule has 0 spiro atoms. The minimum Gasteiger partial charge on any atom is -0.378 e. The molecule has 2 saturated heterocycles. The summed E-state index contributed by atoms with van der Waals surface area (Å²) in [7, 11) is 1.68. The number of aryl methyl sites for hydroxylation is 2. The highest BCUT2D eigenvalue weighted by Gasteiger charge is 2.33. The second-order valence-corrected chi connectivity index (χ2v) is 13.7. The number of benzene rings is 1. The summed E-state index contributed by atoms with van der Waals surface area (Å²) >= 11 is 0. The lowest BCUT2D eigenvalue weighted by Crippen LogP contribution is -2.59. The van der Waals surface area contributed by atoms with Gasteiger partial charge in [0, 0.05) is 63.3 Å². The molecule has 250 valence electrons. The third-order valence-electron chi connectivity index (χ3n) is 10.7. The van der Waals surface area contributed by atoms with Crippen LogP contribution in [0.15, 0.2) is 53.6 Å². The van der Waals surface area contributed by atoms with Crippen molar-refractivity contribution in [2.24, 2.45) is 7.05 Å². The summed E-state index contributed by atoms with van der Waals surface area (Å²) in [5, 5.41) is 3.21. The zero-order valence-electron chi connectivity index (χ0n) is 27.8. The first-order valence-corrected chi connectivity index (χ1v) is 17.1. The molecule has 6 heterocycles. The Balaban J connectivity index is 1.04. The summed E-state index contributed by atoms with van der Waals surface area (Å²) in [4.78, 5) is 38.3. The number of anilines is 4. The number of hydrogen-bond acceptors (Lipinski definition) is 7. The number of nitrogens with zero attached hydrogens (tertiary/aromatic N) is 6. The van der Waals surface area contributed by atoms with Gasteiger partial charge in [-0.3, -0.25) is 14.5 Å². The van der Waals surface area contributed by atoms with Crippen molar-refractivity contribution in [2.45, 2.75) is 58.2 Å². The van der Waals surface area contributed by atoms with Gasteiger partial charge in [0.15, 0.2) is 0 Å². The lowest BCUT2D eigenvalue weighted by Gasteiger charge is -2.46. The molecule has 3 aromatic heterocycles. The van der Waals surface area contributed by atoms with Gasteiger partial charge in [-0.15, -0.1) is 0 Å². The van der Waals surface area contributed by atoms with Crippen LogP contribution in [0, 0.1) is 12.7 Å². The van der Waals surface area contributed by atoms with Crippen LogP contribution in [0.3, 0.4) is 0 Å². The van der Waals surface area contributed by atoms with E-state index in [1.165, 1.54) is 28.0 Å². The minimum atomic E-state index is -0.435. The number of halogens is 1. The molecule has 0 saturated carbocycles. The monoisotopic (exact) mass is 651 g/mol. The maximum absolute atomic E-state index is 15.3. The van der Waals surface area contributed by atoms with Gasteiger partial charge in [-0.25, -0.2) is 9.37 Å². The molecule has 0 radical (unpaired) electrons. The van der Waals surface area contributed by atoms with Crippen molar-refractivity contribution in [3.8, 4) is 11.1 Å². The Hall–Kier alpha value is -4.48. The van der Waals surface area contributed by atoms with E-state index in [1.807, 2.05) is 31.3 Å². The van der Waals surface area contributed by atoms with E-state index >= 15 is 4.39 Å². The van der Waals surface area contributed by atoms with Gasteiger partial charge in [-0.2, -0.15) is 0 Å². The van der Waals surface area contributed by atoms with Gasteiger partial charge in [0.2, 0.25) is 0 Å².